The Labute approximate surface area is 96.2 Å². The number of aliphatic hydroxyl groups excluding tert-OH is 1. The van der Waals surface area contributed by atoms with Crippen molar-refractivity contribution in [2.75, 3.05) is 27.4 Å². The topological polar surface area (TPSA) is 50.7 Å². The van der Waals surface area contributed by atoms with E-state index in [0.29, 0.717) is 13.2 Å². The van der Waals surface area contributed by atoms with E-state index in [4.69, 9.17) is 9.47 Å². The minimum Gasteiger partial charge on any atom is -0.497 e. The zero-order chi connectivity index (χ0) is 11.8. The molecular weight excluding hydrogens is 206 g/mol. The molecule has 0 radical (unpaired) electrons. The van der Waals surface area contributed by atoms with Gasteiger partial charge in [0.05, 0.1) is 19.8 Å². The van der Waals surface area contributed by atoms with Crippen LogP contribution < -0.4 is 10.1 Å². The summed E-state index contributed by atoms with van der Waals surface area (Å²) >= 11 is 0. The average Bonchev–Trinajstić information content (AvgIpc) is 2.30. The van der Waals surface area contributed by atoms with Crippen LogP contribution in [0.1, 0.15) is 5.56 Å². The summed E-state index contributed by atoms with van der Waals surface area (Å²) in [7, 11) is 3.22. The summed E-state index contributed by atoms with van der Waals surface area (Å²) in [5, 5.41) is 12.6. The van der Waals surface area contributed by atoms with Gasteiger partial charge in [-0.2, -0.15) is 0 Å². The Balaban J connectivity index is 2.26. The highest BCUT2D eigenvalue weighted by atomic mass is 16.5. The maximum atomic E-state index is 9.40. The summed E-state index contributed by atoms with van der Waals surface area (Å²) < 4.78 is 9.90. The second-order valence-corrected chi connectivity index (χ2v) is 3.59. The predicted molar refractivity (Wildman–Crippen MR) is 62.6 cm³/mol. The third-order valence-corrected chi connectivity index (χ3v) is 2.23. The molecule has 0 amide bonds. The van der Waals surface area contributed by atoms with E-state index in [1.165, 1.54) is 0 Å². The first-order chi connectivity index (χ1) is 7.76. The number of nitrogens with one attached hydrogen (secondary N) is 1. The van der Waals surface area contributed by atoms with Gasteiger partial charge in [-0.15, -0.1) is 0 Å². The fraction of sp³-hybridized carbons (Fsp3) is 0.500. The minimum absolute atomic E-state index is 0.357. The van der Waals surface area contributed by atoms with E-state index in [2.05, 4.69) is 5.32 Å². The number of aliphatic hydroxyl groups is 1. The normalized spacial score (nSPS) is 12.4. The van der Waals surface area contributed by atoms with Crippen molar-refractivity contribution in [3.05, 3.63) is 29.8 Å². The van der Waals surface area contributed by atoms with Crippen LogP contribution in [0.2, 0.25) is 0 Å². The largest absolute Gasteiger partial charge is 0.497 e. The van der Waals surface area contributed by atoms with Gasteiger partial charge in [-0.3, -0.25) is 0 Å². The van der Waals surface area contributed by atoms with Gasteiger partial charge in [0.15, 0.2) is 0 Å². The molecule has 90 valence electrons. The van der Waals surface area contributed by atoms with Crippen LogP contribution in [0, 0.1) is 0 Å². The summed E-state index contributed by atoms with van der Waals surface area (Å²) in [4.78, 5) is 0. The molecule has 0 saturated heterocycles. The number of benzene rings is 1. The number of hydrogen-bond acceptors (Lipinski definition) is 4. The van der Waals surface area contributed by atoms with Gasteiger partial charge in [0.25, 0.3) is 0 Å². The van der Waals surface area contributed by atoms with E-state index in [1.807, 2.05) is 24.3 Å². The van der Waals surface area contributed by atoms with Gasteiger partial charge in [-0.25, -0.2) is 0 Å². The van der Waals surface area contributed by atoms with Crippen LogP contribution in [0.5, 0.6) is 5.75 Å². The molecule has 0 fully saturated rings. The molecule has 0 aliphatic rings. The lowest BCUT2D eigenvalue weighted by atomic mass is 10.2. The van der Waals surface area contributed by atoms with E-state index in [-0.39, 0.29) is 0 Å². The Morgan fingerprint density at radius 3 is 2.50 bits per heavy atom. The number of rotatable bonds is 7. The Morgan fingerprint density at radius 2 is 1.94 bits per heavy atom. The molecular formula is C12H19NO3. The molecule has 16 heavy (non-hydrogen) atoms. The van der Waals surface area contributed by atoms with Crippen molar-refractivity contribution in [2.45, 2.75) is 12.6 Å². The third kappa shape index (κ3) is 4.61. The molecule has 0 saturated carbocycles. The van der Waals surface area contributed by atoms with Gasteiger partial charge < -0.3 is 19.9 Å². The van der Waals surface area contributed by atoms with Crippen LogP contribution >= 0.6 is 0 Å². The average molecular weight is 225 g/mol. The molecule has 0 aromatic heterocycles. The molecule has 0 heterocycles. The Kier molecular flexibility index (Phi) is 5.85. The Bertz CT molecular complexity index is 287. The third-order valence-electron chi connectivity index (χ3n) is 2.23. The summed E-state index contributed by atoms with van der Waals surface area (Å²) in [5.74, 6) is 0.850. The van der Waals surface area contributed by atoms with Gasteiger partial charge in [0, 0.05) is 20.2 Å². The fourth-order valence-corrected chi connectivity index (χ4v) is 1.38. The molecule has 0 spiro atoms. The van der Waals surface area contributed by atoms with E-state index in [0.717, 1.165) is 17.9 Å². The molecule has 1 aromatic carbocycles. The lowest BCUT2D eigenvalue weighted by Crippen LogP contribution is -2.29. The maximum Gasteiger partial charge on any atom is 0.118 e. The smallest absolute Gasteiger partial charge is 0.118 e. The lowest BCUT2D eigenvalue weighted by Gasteiger charge is -2.10. The molecule has 4 heteroatoms. The second kappa shape index (κ2) is 7.22. The van der Waals surface area contributed by atoms with Crippen molar-refractivity contribution in [2.24, 2.45) is 0 Å². The Morgan fingerprint density at radius 1 is 1.25 bits per heavy atom. The van der Waals surface area contributed by atoms with Crippen LogP contribution in [-0.4, -0.2) is 38.6 Å². The van der Waals surface area contributed by atoms with Crippen LogP contribution in [-0.2, 0) is 11.3 Å². The number of methoxy groups -OCH3 is 2. The highest BCUT2D eigenvalue weighted by Crippen LogP contribution is 2.10. The second-order valence-electron chi connectivity index (χ2n) is 3.59. The van der Waals surface area contributed by atoms with Crippen molar-refractivity contribution in [3.8, 4) is 5.75 Å². The van der Waals surface area contributed by atoms with E-state index in [9.17, 15) is 5.11 Å². The van der Waals surface area contributed by atoms with E-state index < -0.39 is 6.10 Å². The highest BCUT2D eigenvalue weighted by molar-refractivity contribution is 5.26. The van der Waals surface area contributed by atoms with Crippen LogP contribution in [0.3, 0.4) is 0 Å². The first-order valence-electron chi connectivity index (χ1n) is 5.27. The molecule has 4 nitrogen and oxygen atoms in total. The summed E-state index contributed by atoms with van der Waals surface area (Å²) in [5.41, 5.74) is 1.16. The van der Waals surface area contributed by atoms with E-state index >= 15 is 0 Å². The molecule has 0 aliphatic heterocycles. The maximum absolute atomic E-state index is 9.40. The van der Waals surface area contributed by atoms with Gasteiger partial charge in [-0.05, 0) is 17.7 Å². The zero-order valence-corrected chi connectivity index (χ0v) is 9.77. The van der Waals surface area contributed by atoms with Crippen molar-refractivity contribution in [1.29, 1.82) is 0 Å². The molecule has 0 bridgehead atoms. The summed E-state index contributed by atoms with van der Waals surface area (Å²) in [6.07, 6.45) is -0.455. The van der Waals surface area contributed by atoms with Crippen LogP contribution in [0.15, 0.2) is 24.3 Å². The first kappa shape index (κ1) is 13.0. The van der Waals surface area contributed by atoms with Crippen LogP contribution in [0.25, 0.3) is 0 Å². The molecule has 1 aromatic rings. The van der Waals surface area contributed by atoms with Crippen molar-refractivity contribution < 1.29 is 14.6 Å². The predicted octanol–water partition coefficient (Wildman–Crippen LogP) is 0.792. The molecule has 1 atom stereocenters. The van der Waals surface area contributed by atoms with Gasteiger partial charge in [0.2, 0.25) is 0 Å². The summed E-state index contributed by atoms with van der Waals surface area (Å²) in [6.45, 7) is 1.61. The summed E-state index contributed by atoms with van der Waals surface area (Å²) in [6, 6.07) is 7.83. The fourth-order valence-electron chi connectivity index (χ4n) is 1.38. The van der Waals surface area contributed by atoms with Crippen LogP contribution in [0.4, 0.5) is 0 Å². The van der Waals surface area contributed by atoms with Gasteiger partial charge >= 0.3 is 0 Å². The molecule has 1 rings (SSSR count). The van der Waals surface area contributed by atoms with Crippen molar-refractivity contribution >= 4 is 0 Å². The molecule has 0 aliphatic carbocycles. The minimum atomic E-state index is -0.455. The van der Waals surface area contributed by atoms with Gasteiger partial charge in [-0.1, -0.05) is 12.1 Å². The number of ether oxygens (including phenoxy) is 2. The monoisotopic (exact) mass is 225 g/mol. The standard InChI is InChI=1S/C12H19NO3/c1-15-9-11(14)8-13-7-10-3-5-12(16-2)6-4-10/h3-6,11,13-14H,7-9H2,1-2H3/t11-/m0/s1. The van der Waals surface area contributed by atoms with Gasteiger partial charge in [0.1, 0.15) is 5.75 Å². The van der Waals surface area contributed by atoms with Crippen molar-refractivity contribution in [1.82, 2.24) is 5.32 Å². The molecule has 2 N–H and O–H groups in total. The highest BCUT2D eigenvalue weighted by Gasteiger charge is 2.02. The van der Waals surface area contributed by atoms with Crippen molar-refractivity contribution in [3.63, 3.8) is 0 Å². The quantitative estimate of drug-likeness (QED) is 0.720. The van der Waals surface area contributed by atoms with E-state index in [1.54, 1.807) is 14.2 Å². The molecule has 0 unspecified atom stereocenters. The zero-order valence-electron chi connectivity index (χ0n) is 9.77. The Hall–Kier alpha value is -1.10. The SMILES string of the molecule is COC[C@@H](O)CNCc1ccc(OC)cc1. The number of hydrogen-bond donors (Lipinski definition) is 2. The lowest BCUT2D eigenvalue weighted by molar-refractivity contribution is 0.0644. The first-order valence-corrected chi connectivity index (χ1v) is 5.27.